The number of carbonyl (C=O) groups is 3. The lowest BCUT2D eigenvalue weighted by atomic mass is 10.1. The van der Waals surface area contributed by atoms with Gasteiger partial charge in [0.05, 0.1) is 36.7 Å². The molecule has 6 rings (SSSR count). The summed E-state index contributed by atoms with van der Waals surface area (Å²) in [7, 11) is 3.44. The van der Waals surface area contributed by atoms with Crippen molar-refractivity contribution in [1.29, 1.82) is 0 Å². The molecule has 1 amide bonds. The maximum absolute atomic E-state index is 13.5. The highest BCUT2D eigenvalue weighted by Gasteiger charge is 2.34. The van der Waals surface area contributed by atoms with Crippen LogP contribution in [0.5, 0.6) is 17.2 Å². The van der Waals surface area contributed by atoms with Gasteiger partial charge in [0.15, 0.2) is 6.29 Å². The number of fused-ring (bicyclic) bond motifs is 2. The molecule has 3 aromatic rings. The van der Waals surface area contributed by atoms with Crippen LogP contribution in [-0.2, 0) is 22.7 Å². The summed E-state index contributed by atoms with van der Waals surface area (Å²) >= 11 is 0. The molecule has 0 saturated carbocycles. The first-order valence-corrected chi connectivity index (χ1v) is 18.8. The van der Waals surface area contributed by atoms with Gasteiger partial charge in [-0.1, -0.05) is 23.3 Å². The quantitative estimate of drug-likeness (QED) is 0.0539. The molecule has 0 spiro atoms. The molecular weight excluding hydrogens is 697 g/mol. The first-order valence-electron chi connectivity index (χ1n) is 18.8. The molecular formula is C44H50N4O7. The second-order valence-corrected chi connectivity index (χ2v) is 14.4. The number of methoxy groups -OCH3 is 1. The predicted molar refractivity (Wildman–Crippen MR) is 214 cm³/mol. The normalized spacial score (nSPS) is 19.5. The maximum Gasteiger partial charge on any atom is 0.305 e. The van der Waals surface area contributed by atoms with E-state index in [1.54, 1.807) is 6.07 Å². The van der Waals surface area contributed by atoms with Gasteiger partial charge in [0.1, 0.15) is 30.5 Å². The van der Waals surface area contributed by atoms with Crippen LogP contribution >= 0.6 is 0 Å². The highest BCUT2D eigenvalue weighted by molar-refractivity contribution is 6.03. The first-order chi connectivity index (χ1) is 26.6. The first kappa shape index (κ1) is 39.2. The zero-order valence-electron chi connectivity index (χ0n) is 32.6. The van der Waals surface area contributed by atoms with Crippen molar-refractivity contribution in [2.45, 2.75) is 78.7 Å². The predicted octanol–water partition coefficient (Wildman–Crippen LogP) is 7.84. The number of aryl methyl sites for hydroxylation is 2. The number of hydrogen-bond acceptors (Lipinski definition) is 10. The molecule has 3 aliphatic rings. The molecule has 11 nitrogen and oxygen atoms in total. The lowest BCUT2D eigenvalue weighted by molar-refractivity contribution is -0.140. The maximum atomic E-state index is 13.5. The fourth-order valence-corrected chi connectivity index (χ4v) is 7.12. The van der Waals surface area contributed by atoms with E-state index in [9.17, 15) is 14.4 Å². The highest BCUT2D eigenvalue weighted by Crippen LogP contribution is 2.36. The van der Waals surface area contributed by atoms with Crippen LogP contribution in [-0.4, -0.2) is 86.3 Å². The second kappa shape index (κ2) is 17.7. The lowest BCUT2D eigenvalue weighted by Gasteiger charge is -2.20. The summed E-state index contributed by atoms with van der Waals surface area (Å²) in [5.74, 6) is 1.55. The van der Waals surface area contributed by atoms with E-state index in [0.29, 0.717) is 59.3 Å². The Morgan fingerprint density at radius 1 is 0.909 bits per heavy atom. The minimum Gasteiger partial charge on any atom is -0.494 e. The lowest BCUT2D eigenvalue weighted by Crippen LogP contribution is -2.35. The van der Waals surface area contributed by atoms with E-state index < -0.39 is 0 Å². The number of amides is 1. The molecule has 11 heteroatoms. The van der Waals surface area contributed by atoms with E-state index in [4.69, 9.17) is 28.9 Å². The smallest absolute Gasteiger partial charge is 0.305 e. The molecule has 3 heterocycles. The molecule has 0 aliphatic carbocycles. The largest absolute Gasteiger partial charge is 0.494 e. The van der Waals surface area contributed by atoms with Crippen LogP contribution in [0.1, 0.15) is 82.5 Å². The monoisotopic (exact) mass is 746 g/mol. The molecule has 288 valence electrons. The van der Waals surface area contributed by atoms with E-state index in [0.717, 1.165) is 47.9 Å². The van der Waals surface area contributed by atoms with Gasteiger partial charge in [0, 0.05) is 55.7 Å². The number of likely N-dealkylation sites (N-methyl/N-ethyl adjacent to an activating group) is 1. The molecule has 2 fully saturated rings. The number of allylic oxidation sites excluding steroid dienone is 2. The summed E-state index contributed by atoms with van der Waals surface area (Å²) in [6, 6.07) is 13.2. The van der Waals surface area contributed by atoms with Crippen molar-refractivity contribution in [3.8, 4) is 17.2 Å². The Bertz CT molecular complexity index is 2070. The molecule has 2 unspecified atom stereocenters. The third-order valence-electron chi connectivity index (χ3n) is 10.4. The fourth-order valence-electron chi connectivity index (χ4n) is 7.12. The summed E-state index contributed by atoms with van der Waals surface area (Å²) < 4.78 is 23.6. The van der Waals surface area contributed by atoms with Crippen LogP contribution < -0.4 is 14.2 Å². The molecule has 2 saturated heterocycles. The average Bonchev–Trinajstić information content (AvgIpc) is 3.75. The number of aldehydes is 1. The van der Waals surface area contributed by atoms with Crippen molar-refractivity contribution in [3.63, 3.8) is 0 Å². The number of hydrogen-bond donors (Lipinski definition) is 0. The highest BCUT2D eigenvalue weighted by atomic mass is 16.5. The summed E-state index contributed by atoms with van der Waals surface area (Å²) in [4.78, 5) is 50.8. The molecule has 0 N–H and O–H groups in total. The van der Waals surface area contributed by atoms with Gasteiger partial charge >= 0.3 is 5.97 Å². The van der Waals surface area contributed by atoms with Gasteiger partial charge in [-0.15, -0.1) is 0 Å². The SMILES string of the molecule is C/C=C1\CC(C=Nc2cc(OCc3cc(COc4cc5c(cc4C)C(=O)N4C/C(=C/C)CC4C=N5)cc(OCCCC(=O)OC)c3)c(C)cc2C=O)N(C)C1. The Kier molecular flexibility index (Phi) is 12.6. The van der Waals surface area contributed by atoms with Crippen molar-refractivity contribution >= 4 is 42.0 Å². The Hall–Kier alpha value is -5.55. The number of esters is 1. The van der Waals surface area contributed by atoms with Crippen LogP contribution in [0.25, 0.3) is 0 Å². The van der Waals surface area contributed by atoms with Crippen LogP contribution in [0, 0.1) is 13.8 Å². The van der Waals surface area contributed by atoms with Crippen molar-refractivity contribution in [1.82, 2.24) is 9.80 Å². The van der Waals surface area contributed by atoms with E-state index in [-0.39, 0.29) is 43.6 Å². The summed E-state index contributed by atoms with van der Waals surface area (Å²) in [5, 5.41) is 0. The number of rotatable bonds is 14. The Morgan fingerprint density at radius 3 is 2.27 bits per heavy atom. The third kappa shape index (κ3) is 9.40. The van der Waals surface area contributed by atoms with E-state index in [1.807, 2.05) is 74.5 Å². The van der Waals surface area contributed by atoms with Crippen LogP contribution in [0.4, 0.5) is 11.4 Å². The van der Waals surface area contributed by atoms with Crippen LogP contribution in [0.2, 0.25) is 0 Å². The van der Waals surface area contributed by atoms with E-state index in [1.165, 1.54) is 18.3 Å². The minimum absolute atomic E-state index is 0.0231. The van der Waals surface area contributed by atoms with Crippen LogP contribution in [0.15, 0.2) is 75.7 Å². The number of carbonyl (C=O) groups excluding carboxylic acids is 3. The molecule has 0 radical (unpaired) electrons. The average molecular weight is 747 g/mol. The standard InChI is InChI=1S/C44H50N4O7/c1-7-30-15-35(47(5)23-30)21-45-39-19-41(28(3)12-34(39)25-49)54-26-32-14-33(18-37(17-32)53-11-9-10-43(50)52-6)27-55-42-20-40-38(13-29(42)4)44(51)48-24-31(8-2)16-36(48)22-46-40/h7-8,12-14,17-22,25,35-36H,9-11,15-16,23-24,26-27H2,1-6H3/b30-7+,31-8+,45-21?. The summed E-state index contributed by atoms with van der Waals surface area (Å²) in [6.45, 7) is 10.2. The van der Waals surface area contributed by atoms with Gasteiger partial charge in [-0.25, -0.2) is 0 Å². The second-order valence-electron chi connectivity index (χ2n) is 14.4. The van der Waals surface area contributed by atoms with Crippen molar-refractivity contribution in [2.24, 2.45) is 9.98 Å². The molecule has 0 bridgehead atoms. The Morgan fingerprint density at radius 2 is 1.60 bits per heavy atom. The third-order valence-corrected chi connectivity index (χ3v) is 10.4. The van der Waals surface area contributed by atoms with E-state index in [2.05, 4.69) is 31.0 Å². The molecule has 3 aromatic carbocycles. The van der Waals surface area contributed by atoms with E-state index >= 15 is 0 Å². The zero-order valence-corrected chi connectivity index (χ0v) is 32.6. The summed E-state index contributed by atoms with van der Waals surface area (Å²) in [6.07, 6.45) is 11.3. The van der Waals surface area contributed by atoms with Crippen molar-refractivity contribution < 1.29 is 33.3 Å². The van der Waals surface area contributed by atoms with Gasteiger partial charge in [0.2, 0.25) is 0 Å². The minimum atomic E-state index is -0.289. The van der Waals surface area contributed by atoms with Gasteiger partial charge in [-0.05, 0) is 107 Å². The van der Waals surface area contributed by atoms with Crippen molar-refractivity contribution in [3.05, 3.63) is 99.1 Å². The molecule has 55 heavy (non-hydrogen) atoms. The molecule has 3 aliphatic heterocycles. The number of nitrogens with zero attached hydrogens (tertiary/aromatic N) is 4. The number of ether oxygens (including phenoxy) is 4. The van der Waals surface area contributed by atoms with Gasteiger partial charge in [-0.2, -0.15) is 0 Å². The summed E-state index contributed by atoms with van der Waals surface area (Å²) in [5.41, 5.74) is 8.16. The van der Waals surface area contributed by atoms with Crippen molar-refractivity contribution in [2.75, 3.05) is 33.9 Å². The fraction of sp³-hybridized carbons (Fsp3) is 0.386. The van der Waals surface area contributed by atoms with Gasteiger partial charge in [0.25, 0.3) is 5.91 Å². The molecule has 0 aromatic heterocycles. The number of aliphatic imine (C=N–C) groups is 2. The zero-order chi connectivity index (χ0) is 39.1. The number of likely N-dealkylation sites (tertiary alicyclic amines) is 1. The van der Waals surface area contributed by atoms with Crippen LogP contribution in [0.3, 0.4) is 0 Å². The molecule has 2 atom stereocenters. The number of benzene rings is 3. The topological polar surface area (TPSA) is 119 Å². The van der Waals surface area contributed by atoms with Gasteiger partial charge in [-0.3, -0.25) is 29.3 Å². The Balaban J connectivity index is 1.20. The Labute approximate surface area is 323 Å². The van der Waals surface area contributed by atoms with Gasteiger partial charge < -0.3 is 23.8 Å².